The second kappa shape index (κ2) is 8.53. The van der Waals surface area contributed by atoms with Gasteiger partial charge in [-0.1, -0.05) is 42.1 Å². The number of ether oxygens (including phenoxy) is 1. The molecule has 0 aliphatic heterocycles. The molecule has 0 saturated heterocycles. The Morgan fingerprint density at radius 3 is 2.54 bits per heavy atom. The summed E-state index contributed by atoms with van der Waals surface area (Å²) in [6.45, 7) is 4.32. The number of nitrogens with one attached hydrogen (secondary N) is 1. The van der Waals surface area contributed by atoms with Crippen molar-refractivity contribution in [1.82, 2.24) is 14.9 Å². The van der Waals surface area contributed by atoms with Gasteiger partial charge in [0.25, 0.3) is 5.91 Å². The smallest absolute Gasteiger partial charge is 0.270 e. The Kier molecular flexibility index (Phi) is 5.91. The van der Waals surface area contributed by atoms with Crippen molar-refractivity contribution in [3.8, 4) is 5.75 Å². The Morgan fingerprint density at radius 1 is 1.12 bits per heavy atom. The number of benzene rings is 2. The standard InChI is InChI=1S/C19H20N4O2S/c1-3-25-17-11-9-16(10-12-17)18(24)22-23-14(2)20-21-19(23)26-13-15-7-5-4-6-8-15/h4-12H,3,13H2,1-2H3,(H,22,24). The molecule has 1 N–H and O–H groups in total. The molecule has 0 fully saturated rings. The first-order chi connectivity index (χ1) is 12.7. The molecule has 0 spiro atoms. The third-order valence-corrected chi connectivity index (χ3v) is 4.65. The van der Waals surface area contributed by atoms with Gasteiger partial charge in [-0.25, -0.2) is 4.68 Å². The van der Waals surface area contributed by atoms with Gasteiger partial charge in [0.1, 0.15) is 11.6 Å². The minimum absolute atomic E-state index is 0.225. The summed E-state index contributed by atoms with van der Waals surface area (Å²) in [7, 11) is 0. The van der Waals surface area contributed by atoms with Gasteiger partial charge in [-0.2, -0.15) is 0 Å². The van der Waals surface area contributed by atoms with Crippen LogP contribution in [0.25, 0.3) is 0 Å². The van der Waals surface area contributed by atoms with E-state index in [1.807, 2.05) is 25.1 Å². The van der Waals surface area contributed by atoms with E-state index in [1.54, 1.807) is 35.9 Å². The molecule has 0 aliphatic rings. The molecule has 1 amide bonds. The maximum atomic E-state index is 12.5. The zero-order valence-electron chi connectivity index (χ0n) is 14.7. The van der Waals surface area contributed by atoms with Crippen LogP contribution in [-0.4, -0.2) is 27.4 Å². The van der Waals surface area contributed by atoms with Crippen molar-refractivity contribution >= 4 is 17.7 Å². The summed E-state index contributed by atoms with van der Waals surface area (Å²) in [5.74, 6) is 1.89. The molecule has 0 bridgehead atoms. The monoisotopic (exact) mass is 368 g/mol. The molecule has 3 rings (SSSR count). The lowest BCUT2D eigenvalue weighted by atomic mass is 10.2. The minimum Gasteiger partial charge on any atom is -0.494 e. The molecule has 0 saturated carbocycles. The molecule has 0 atom stereocenters. The third kappa shape index (κ3) is 4.43. The number of aromatic nitrogens is 3. The molecule has 0 unspecified atom stereocenters. The van der Waals surface area contributed by atoms with Crippen molar-refractivity contribution in [2.45, 2.75) is 24.8 Å². The van der Waals surface area contributed by atoms with E-state index >= 15 is 0 Å². The summed E-state index contributed by atoms with van der Waals surface area (Å²) >= 11 is 1.52. The van der Waals surface area contributed by atoms with Crippen LogP contribution in [0, 0.1) is 6.92 Å². The van der Waals surface area contributed by atoms with Gasteiger partial charge in [-0.15, -0.1) is 10.2 Å². The first kappa shape index (κ1) is 18.0. The number of hydrogen-bond donors (Lipinski definition) is 1. The highest BCUT2D eigenvalue weighted by Gasteiger charge is 2.14. The largest absolute Gasteiger partial charge is 0.494 e. The zero-order valence-corrected chi connectivity index (χ0v) is 15.5. The molecule has 2 aromatic carbocycles. The van der Waals surface area contributed by atoms with Gasteiger partial charge in [-0.3, -0.25) is 10.2 Å². The van der Waals surface area contributed by atoms with Crippen molar-refractivity contribution < 1.29 is 9.53 Å². The maximum absolute atomic E-state index is 12.5. The molecule has 6 nitrogen and oxygen atoms in total. The Morgan fingerprint density at radius 2 is 1.85 bits per heavy atom. The number of rotatable bonds is 7. The lowest BCUT2D eigenvalue weighted by Crippen LogP contribution is -2.24. The van der Waals surface area contributed by atoms with Gasteiger partial charge >= 0.3 is 0 Å². The van der Waals surface area contributed by atoms with E-state index in [0.29, 0.717) is 23.2 Å². The number of carbonyl (C=O) groups excluding carboxylic acids is 1. The fourth-order valence-corrected chi connectivity index (χ4v) is 3.22. The third-order valence-electron chi connectivity index (χ3n) is 3.65. The van der Waals surface area contributed by atoms with Crippen molar-refractivity contribution in [1.29, 1.82) is 0 Å². The predicted molar refractivity (Wildman–Crippen MR) is 102 cm³/mol. The molecule has 3 aromatic rings. The van der Waals surface area contributed by atoms with E-state index in [2.05, 4.69) is 27.8 Å². The van der Waals surface area contributed by atoms with Crippen LogP contribution in [0.15, 0.2) is 59.8 Å². The van der Waals surface area contributed by atoms with Gasteiger partial charge in [0.2, 0.25) is 5.16 Å². The van der Waals surface area contributed by atoms with Crippen molar-refractivity contribution in [3.63, 3.8) is 0 Å². The summed E-state index contributed by atoms with van der Waals surface area (Å²) in [5.41, 5.74) is 4.58. The topological polar surface area (TPSA) is 69.0 Å². The van der Waals surface area contributed by atoms with E-state index in [-0.39, 0.29) is 5.91 Å². The Labute approximate surface area is 156 Å². The zero-order chi connectivity index (χ0) is 18.4. The number of amides is 1. The highest BCUT2D eigenvalue weighted by molar-refractivity contribution is 7.98. The van der Waals surface area contributed by atoms with Crippen LogP contribution >= 0.6 is 11.8 Å². The van der Waals surface area contributed by atoms with Crippen molar-refractivity contribution in [2.75, 3.05) is 12.0 Å². The summed E-state index contributed by atoms with van der Waals surface area (Å²) in [6, 6.07) is 17.1. The first-order valence-electron chi connectivity index (χ1n) is 8.30. The van der Waals surface area contributed by atoms with Crippen molar-refractivity contribution in [3.05, 3.63) is 71.5 Å². The molecule has 0 radical (unpaired) electrons. The minimum atomic E-state index is -0.225. The lowest BCUT2D eigenvalue weighted by molar-refractivity contribution is 0.100. The number of nitrogens with zero attached hydrogens (tertiary/aromatic N) is 3. The van der Waals surface area contributed by atoms with Crippen LogP contribution in [0.4, 0.5) is 0 Å². The molecule has 1 aromatic heterocycles. The van der Waals surface area contributed by atoms with Gasteiger partial charge in [0.15, 0.2) is 0 Å². The number of hydrogen-bond acceptors (Lipinski definition) is 5. The van der Waals surface area contributed by atoms with Crippen LogP contribution in [0.2, 0.25) is 0 Å². The molecule has 26 heavy (non-hydrogen) atoms. The second-order valence-electron chi connectivity index (χ2n) is 5.54. The summed E-state index contributed by atoms with van der Waals surface area (Å²) in [4.78, 5) is 12.5. The summed E-state index contributed by atoms with van der Waals surface area (Å²) < 4.78 is 7.02. The second-order valence-corrected chi connectivity index (χ2v) is 6.48. The van der Waals surface area contributed by atoms with Crippen LogP contribution in [-0.2, 0) is 5.75 Å². The van der Waals surface area contributed by atoms with Gasteiger partial charge in [0.05, 0.1) is 6.61 Å². The molecule has 7 heteroatoms. The molecule has 0 aliphatic carbocycles. The van der Waals surface area contributed by atoms with Crippen LogP contribution in [0.5, 0.6) is 5.75 Å². The van der Waals surface area contributed by atoms with Gasteiger partial charge in [0, 0.05) is 11.3 Å². The fourth-order valence-electron chi connectivity index (χ4n) is 2.32. The van der Waals surface area contributed by atoms with Gasteiger partial charge < -0.3 is 4.74 Å². The quantitative estimate of drug-likeness (QED) is 0.645. The van der Waals surface area contributed by atoms with Crippen LogP contribution < -0.4 is 10.2 Å². The lowest BCUT2D eigenvalue weighted by Gasteiger charge is -2.10. The maximum Gasteiger partial charge on any atom is 0.270 e. The summed E-state index contributed by atoms with van der Waals surface area (Å²) in [6.07, 6.45) is 0. The fraction of sp³-hybridized carbons (Fsp3) is 0.211. The van der Waals surface area contributed by atoms with Crippen LogP contribution in [0.3, 0.4) is 0 Å². The SMILES string of the molecule is CCOc1ccc(C(=O)Nn2c(C)nnc2SCc2ccccc2)cc1. The van der Waals surface area contributed by atoms with E-state index in [0.717, 1.165) is 11.5 Å². The number of thioether (sulfide) groups is 1. The van der Waals surface area contributed by atoms with Crippen molar-refractivity contribution in [2.24, 2.45) is 0 Å². The van der Waals surface area contributed by atoms with E-state index in [9.17, 15) is 4.79 Å². The van der Waals surface area contributed by atoms with Crippen LogP contribution in [0.1, 0.15) is 28.7 Å². The molecular formula is C19H20N4O2S. The number of carbonyl (C=O) groups is 1. The predicted octanol–water partition coefficient (Wildman–Crippen LogP) is 3.66. The number of aryl methyl sites for hydroxylation is 1. The molecule has 1 heterocycles. The first-order valence-corrected chi connectivity index (χ1v) is 9.29. The Bertz CT molecular complexity index is 863. The van der Waals surface area contributed by atoms with E-state index in [1.165, 1.54) is 17.3 Å². The highest BCUT2D eigenvalue weighted by Crippen LogP contribution is 2.21. The summed E-state index contributed by atoms with van der Waals surface area (Å²) in [5, 5.41) is 8.87. The Hall–Kier alpha value is -2.80. The van der Waals surface area contributed by atoms with Gasteiger partial charge in [-0.05, 0) is 43.7 Å². The average Bonchev–Trinajstić information content (AvgIpc) is 3.01. The van der Waals surface area contributed by atoms with E-state index in [4.69, 9.17) is 4.74 Å². The average molecular weight is 368 g/mol. The highest BCUT2D eigenvalue weighted by atomic mass is 32.2. The molecule has 134 valence electrons. The van der Waals surface area contributed by atoms with E-state index < -0.39 is 0 Å². The molecular weight excluding hydrogens is 348 g/mol. The Balaban J connectivity index is 1.69. The normalized spacial score (nSPS) is 10.5.